The van der Waals surface area contributed by atoms with Crippen molar-refractivity contribution in [2.75, 3.05) is 6.54 Å². The number of amides is 1. The Bertz CT molecular complexity index is 185. The molecule has 0 spiro atoms. The number of aliphatic carboxylic acids is 1. The van der Waals surface area contributed by atoms with Crippen molar-refractivity contribution in [1.82, 2.24) is 4.90 Å². The second-order valence-corrected chi connectivity index (χ2v) is 2.49. The van der Waals surface area contributed by atoms with Gasteiger partial charge in [-0.1, -0.05) is 0 Å². The van der Waals surface area contributed by atoms with Crippen LogP contribution in [0.2, 0.25) is 0 Å². The van der Waals surface area contributed by atoms with Crippen molar-refractivity contribution in [3.05, 3.63) is 0 Å². The molecule has 0 aromatic carbocycles. The van der Waals surface area contributed by atoms with Crippen LogP contribution in [-0.2, 0) is 9.59 Å². The molecule has 1 fully saturated rings. The SMILES string of the molecule is O=CN1CC(F)CC1C(=O)O. The average molecular weight is 161 g/mol. The lowest BCUT2D eigenvalue weighted by molar-refractivity contribution is -0.144. The van der Waals surface area contributed by atoms with Gasteiger partial charge in [0, 0.05) is 6.42 Å². The molecule has 0 aromatic heterocycles. The molecule has 1 amide bonds. The van der Waals surface area contributed by atoms with E-state index in [-0.39, 0.29) is 13.0 Å². The molecule has 1 aliphatic rings. The zero-order chi connectivity index (χ0) is 8.43. The van der Waals surface area contributed by atoms with E-state index in [4.69, 9.17) is 5.11 Å². The molecule has 2 atom stereocenters. The fourth-order valence-corrected chi connectivity index (χ4v) is 1.17. The summed E-state index contributed by atoms with van der Waals surface area (Å²) in [6.45, 7) is -0.0968. The molecule has 62 valence electrons. The number of hydrogen-bond acceptors (Lipinski definition) is 2. The quantitative estimate of drug-likeness (QED) is 0.562. The lowest BCUT2D eigenvalue weighted by Crippen LogP contribution is -2.34. The molecular weight excluding hydrogens is 153 g/mol. The summed E-state index contributed by atoms with van der Waals surface area (Å²) in [7, 11) is 0. The molecule has 11 heavy (non-hydrogen) atoms. The second kappa shape index (κ2) is 2.86. The maximum absolute atomic E-state index is 12.5. The van der Waals surface area contributed by atoms with Crippen molar-refractivity contribution in [3.8, 4) is 0 Å². The van der Waals surface area contributed by atoms with Crippen LogP contribution in [0.3, 0.4) is 0 Å². The predicted octanol–water partition coefficient (Wildman–Crippen LogP) is -0.360. The highest BCUT2D eigenvalue weighted by Gasteiger charge is 2.35. The first-order chi connectivity index (χ1) is 5.15. The van der Waals surface area contributed by atoms with Gasteiger partial charge in [0.25, 0.3) is 0 Å². The van der Waals surface area contributed by atoms with E-state index in [1.54, 1.807) is 0 Å². The lowest BCUT2D eigenvalue weighted by Gasteiger charge is -2.13. The van der Waals surface area contributed by atoms with Gasteiger partial charge in [0.2, 0.25) is 6.41 Å². The van der Waals surface area contributed by atoms with E-state index in [0.29, 0.717) is 6.41 Å². The minimum absolute atomic E-state index is 0.0892. The van der Waals surface area contributed by atoms with Gasteiger partial charge in [-0.3, -0.25) is 4.79 Å². The van der Waals surface area contributed by atoms with Gasteiger partial charge in [-0.25, -0.2) is 9.18 Å². The van der Waals surface area contributed by atoms with Crippen LogP contribution >= 0.6 is 0 Å². The van der Waals surface area contributed by atoms with E-state index in [9.17, 15) is 14.0 Å². The number of carboxylic acids is 1. The zero-order valence-corrected chi connectivity index (χ0v) is 5.74. The van der Waals surface area contributed by atoms with Crippen molar-refractivity contribution in [3.63, 3.8) is 0 Å². The van der Waals surface area contributed by atoms with Crippen LogP contribution in [0, 0.1) is 0 Å². The summed E-state index contributed by atoms with van der Waals surface area (Å²) < 4.78 is 12.5. The number of carboxylic acid groups (broad SMARTS) is 1. The molecule has 0 radical (unpaired) electrons. The van der Waals surface area contributed by atoms with Crippen molar-refractivity contribution >= 4 is 12.4 Å². The van der Waals surface area contributed by atoms with Crippen LogP contribution in [0.25, 0.3) is 0 Å². The number of hydrogen-bond donors (Lipinski definition) is 1. The molecule has 1 rings (SSSR count). The molecule has 4 nitrogen and oxygen atoms in total. The van der Waals surface area contributed by atoms with E-state index in [1.165, 1.54) is 0 Å². The maximum atomic E-state index is 12.5. The number of likely N-dealkylation sites (tertiary alicyclic amines) is 1. The summed E-state index contributed by atoms with van der Waals surface area (Å²) in [6.07, 6.45) is -0.909. The molecule has 0 aliphatic carbocycles. The predicted molar refractivity (Wildman–Crippen MR) is 33.7 cm³/mol. The number of carbonyl (C=O) groups excluding carboxylic acids is 1. The molecule has 0 aromatic rings. The third kappa shape index (κ3) is 1.47. The van der Waals surface area contributed by atoms with Crippen molar-refractivity contribution in [1.29, 1.82) is 0 Å². The van der Waals surface area contributed by atoms with Crippen molar-refractivity contribution < 1.29 is 19.1 Å². The minimum atomic E-state index is -1.19. The number of halogens is 1. The fourth-order valence-electron chi connectivity index (χ4n) is 1.17. The topological polar surface area (TPSA) is 57.6 Å². The zero-order valence-electron chi connectivity index (χ0n) is 5.74. The number of alkyl halides is 1. The Morgan fingerprint density at radius 3 is 2.73 bits per heavy atom. The number of rotatable bonds is 2. The largest absolute Gasteiger partial charge is 0.480 e. The van der Waals surface area contributed by atoms with E-state index >= 15 is 0 Å². The summed E-state index contributed by atoms with van der Waals surface area (Å²) in [4.78, 5) is 21.5. The van der Waals surface area contributed by atoms with Gasteiger partial charge in [-0.15, -0.1) is 0 Å². The third-order valence-corrected chi connectivity index (χ3v) is 1.71. The number of nitrogens with zero attached hydrogens (tertiary/aromatic N) is 1. The summed E-state index contributed by atoms with van der Waals surface area (Å²) in [6, 6.07) is -0.970. The highest BCUT2D eigenvalue weighted by Crippen LogP contribution is 2.18. The van der Waals surface area contributed by atoms with Crippen LogP contribution in [0.15, 0.2) is 0 Å². The van der Waals surface area contributed by atoms with Gasteiger partial charge in [-0.05, 0) is 0 Å². The molecular formula is C6H8FNO3. The van der Waals surface area contributed by atoms with Gasteiger partial charge in [-0.2, -0.15) is 0 Å². The first-order valence-corrected chi connectivity index (χ1v) is 3.23. The van der Waals surface area contributed by atoms with Gasteiger partial charge >= 0.3 is 5.97 Å². The summed E-state index contributed by atoms with van der Waals surface area (Å²) >= 11 is 0. The molecule has 0 saturated carbocycles. The number of carbonyl (C=O) groups is 2. The molecule has 0 bridgehead atoms. The molecule has 1 saturated heterocycles. The summed E-state index contributed by atoms with van der Waals surface area (Å²) in [5, 5.41) is 8.47. The molecule has 1 N–H and O–H groups in total. The highest BCUT2D eigenvalue weighted by molar-refractivity contribution is 5.77. The van der Waals surface area contributed by atoms with E-state index in [2.05, 4.69) is 0 Å². The monoisotopic (exact) mass is 161 g/mol. The van der Waals surface area contributed by atoms with Crippen molar-refractivity contribution in [2.45, 2.75) is 18.6 Å². The van der Waals surface area contributed by atoms with E-state index in [0.717, 1.165) is 4.90 Å². The second-order valence-electron chi connectivity index (χ2n) is 2.49. The Balaban J connectivity index is 2.64. The Morgan fingerprint density at radius 2 is 2.36 bits per heavy atom. The van der Waals surface area contributed by atoms with E-state index in [1.807, 2.05) is 0 Å². The third-order valence-electron chi connectivity index (χ3n) is 1.71. The van der Waals surface area contributed by atoms with Gasteiger partial charge in [0.15, 0.2) is 0 Å². The van der Waals surface area contributed by atoms with Crippen LogP contribution < -0.4 is 0 Å². The Kier molecular flexibility index (Phi) is 2.07. The molecule has 1 aliphatic heterocycles. The average Bonchev–Trinajstić information content (AvgIpc) is 2.30. The first kappa shape index (κ1) is 7.97. The Morgan fingerprint density at radius 1 is 1.73 bits per heavy atom. The molecule has 5 heteroatoms. The van der Waals surface area contributed by atoms with E-state index < -0.39 is 18.2 Å². The van der Waals surface area contributed by atoms with Crippen molar-refractivity contribution in [2.24, 2.45) is 0 Å². The van der Waals surface area contributed by atoms with Crippen LogP contribution in [0.5, 0.6) is 0 Å². The minimum Gasteiger partial charge on any atom is -0.480 e. The van der Waals surface area contributed by atoms with Gasteiger partial charge in [0.05, 0.1) is 6.54 Å². The standard InChI is InChI=1S/C6H8FNO3/c7-4-1-5(6(10)11)8(2-4)3-9/h3-5H,1-2H2,(H,10,11). The molecule has 1 heterocycles. The van der Waals surface area contributed by atoms with Gasteiger partial charge < -0.3 is 10.0 Å². The normalized spacial score (nSPS) is 30.5. The Hall–Kier alpha value is -1.13. The first-order valence-electron chi connectivity index (χ1n) is 3.23. The van der Waals surface area contributed by atoms with Gasteiger partial charge in [0.1, 0.15) is 12.2 Å². The van der Waals surface area contributed by atoms with Crippen LogP contribution in [0.1, 0.15) is 6.42 Å². The molecule has 2 unspecified atom stereocenters. The fraction of sp³-hybridized carbons (Fsp3) is 0.667. The Labute approximate surface area is 62.6 Å². The highest BCUT2D eigenvalue weighted by atomic mass is 19.1. The van der Waals surface area contributed by atoms with Crippen LogP contribution in [0.4, 0.5) is 4.39 Å². The lowest BCUT2D eigenvalue weighted by atomic mass is 10.2. The maximum Gasteiger partial charge on any atom is 0.326 e. The van der Waals surface area contributed by atoms with Crippen LogP contribution in [-0.4, -0.2) is 41.1 Å². The summed E-state index contributed by atoms with van der Waals surface area (Å²) in [5.41, 5.74) is 0. The smallest absolute Gasteiger partial charge is 0.326 e. The summed E-state index contributed by atoms with van der Waals surface area (Å²) in [5.74, 6) is -1.14.